The molecule has 0 atom stereocenters. The zero-order valence-corrected chi connectivity index (χ0v) is 19.4. The van der Waals surface area contributed by atoms with Crippen LogP contribution in [0.15, 0.2) is 89.1 Å². The monoisotopic (exact) mass is 501 g/mol. The van der Waals surface area contributed by atoms with Crippen LogP contribution < -0.4 is 5.32 Å². The van der Waals surface area contributed by atoms with Crippen LogP contribution >= 0.6 is 11.6 Å². The van der Waals surface area contributed by atoms with Gasteiger partial charge in [0.15, 0.2) is 18.1 Å². The number of esters is 2. The van der Waals surface area contributed by atoms with Crippen LogP contribution in [0.4, 0.5) is 11.4 Å². The van der Waals surface area contributed by atoms with E-state index < -0.39 is 35.9 Å². The highest BCUT2D eigenvalue weighted by Crippen LogP contribution is 2.25. The molecule has 0 aliphatic heterocycles. The third kappa shape index (κ3) is 10.1. The van der Waals surface area contributed by atoms with Crippen LogP contribution in [-0.4, -0.2) is 42.8 Å². The summed E-state index contributed by atoms with van der Waals surface area (Å²) in [5.41, 5.74) is 0.230. The van der Waals surface area contributed by atoms with Crippen molar-refractivity contribution >= 4 is 40.8 Å². The average Bonchev–Trinajstić information content (AvgIpc) is 2.86. The molecule has 0 aliphatic rings. The van der Waals surface area contributed by atoms with E-state index >= 15 is 0 Å². The average molecular weight is 502 g/mol. The Morgan fingerprint density at radius 3 is 2.31 bits per heavy atom. The van der Waals surface area contributed by atoms with Gasteiger partial charge in [-0.1, -0.05) is 48.5 Å². The van der Waals surface area contributed by atoms with Gasteiger partial charge in [0.05, 0.1) is 24.1 Å². The number of benzene rings is 2. The Kier molecular flexibility index (Phi) is 11.5. The number of ether oxygens (including phenoxy) is 3. The van der Waals surface area contributed by atoms with Crippen LogP contribution in [-0.2, 0) is 28.6 Å². The molecule has 2 N–H and O–H groups in total. The number of nitrogens with zero attached hydrogens (tertiary/aromatic N) is 2. The molecular formula is C24H24ClN3O7. The highest BCUT2D eigenvalue weighted by atomic mass is 35.5. The predicted octanol–water partition coefficient (Wildman–Crippen LogP) is 4.86. The first-order valence-corrected chi connectivity index (χ1v) is 10.8. The van der Waals surface area contributed by atoms with Crippen molar-refractivity contribution in [1.29, 1.82) is 0 Å². The highest BCUT2D eigenvalue weighted by Gasteiger charge is 2.18. The lowest BCUT2D eigenvalue weighted by Gasteiger charge is -2.09. The molecule has 0 saturated carbocycles. The van der Waals surface area contributed by atoms with Crippen molar-refractivity contribution < 1.29 is 33.7 Å². The van der Waals surface area contributed by atoms with E-state index in [1.165, 1.54) is 6.26 Å². The summed E-state index contributed by atoms with van der Waals surface area (Å²) in [5, 5.41) is 21.0. The maximum Gasteiger partial charge on any atom is 0.306 e. The minimum atomic E-state index is -0.790. The minimum absolute atomic E-state index is 0.0136. The van der Waals surface area contributed by atoms with Gasteiger partial charge >= 0.3 is 11.9 Å². The molecule has 35 heavy (non-hydrogen) atoms. The molecule has 0 heterocycles. The molecule has 0 radical (unpaired) electrons. The third-order valence-corrected chi connectivity index (χ3v) is 4.44. The van der Waals surface area contributed by atoms with Crippen molar-refractivity contribution in [2.75, 3.05) is 25.1 Å². The number of carbonyl (C=O) groups excluding carboxylic acids is 3. The van der Waals surface area contributed by atoms with Crippen LogP contribution in [0, 0.1) is 0 Å². The fraction of sp³-hybridized carbons (Fsp3) is 0.208. The first kappa shape index (κ1) is 27.1. The molecule has 2 rings (SSSR count). The zero-order valence-electron chi connectivity index (χ0n) is 18.7. The van der Waals surface area contributed by atoms with E-state index in [1.807, 2.05) is 0 Å². The fourth-order valence-electron chi connectivity index (χ4n) is 2.44. The van der Waals surface area contributed by atoms with Crippen molar-refractivity contribution in [3.8, 4) is 0 Å². The smallest absolute Gasteiger partial charge is 0.306 e. The van der Waals surface area contributed by atoms with Gasteiger partial charge in [-0.2, -0.15) is 0 Å². The van der Waals surface area contributed by atoms with Crippen LogP contribution in [0.2, 0.25) is 5.02 Å². The van der Waals surface area contributed by atoms with Gasteiger partial charge in [0, 0.05) is 5.69 Å². The molecule has 2 aromatic carbocycles. The van der Waals surface area contributed by atoms with Gasteiger partial charge in [0.2, 0.25) is 0 Å². The summed E-state index contributed by atoms with van der Waals surface area (Å²) < 4.78 is 14.6. The summed E-state index contributed by atoms with van der Waals surface area (Å²) >= 11 is 6.06. The minimum Gasteiger partial charge on any atom is -0.506 e. The summed E-state index contributed by atoms with van der Waals surface area (Å²) in [5.74, 6) is -2.84. The van der Waals surface area contributed by atoms with E-state index in [-0.39, 0.29) is 36.8 Å². The topological polar surface area (TPSA) is 136 Å². The summed E-state index contributed by atoms with van der Waals surface area (Å²) in [6.45, 7) is 2.85. The maximum absolute atomic E-state index is 12.7. The lowest BCUT2D eigenvalue weighted by Crippen LogP contribution is -2.18. The van der Waals surface area contributed by atoms with Crippen LogP contribution in [0.1, 0.15) is 12.8 Å². The number of aliphatic hydroxyl groups excluding tert-OH is 1. The number of hydrogen-bond donors (Lipinski definition) is 2. The number of halogens is 1. The number of nitrogens with one attached hydrogen (secondary N) is 1. The predicted molar refractivity (Wildman–Crippen MR) is 128 cm³/mol. The lowest BCUT2D eigenvalue weighted by molar-refractivity contribution is -0.150. The lowest BCUT2D eigenvalue weighted by atomic mass is 10.3. The second-order valence-corrected chi connectivity index (χ2v) is 7.09. The Morgan fingerprint density at radius 2 is 1.63 bits per heavy atom. The summed E-state index contributed by atoms with van der Waals surface area (Å²) in [6.07, 6.45) is 0.694. The molecule has 11 heteroatoms. The second kappa shape index (κ2) is 14.9. The van der Waals surface area contributed by atoms with Gasteiger partial charge in [-0.25, -0.2) is 0 Å². The number of anilines is 1. The zero-order chi connectivity index (χ0) is 25.5. The molecule has 0 aromatic heterocycles. The number of carbonyl (C=O) groups is 3. The summed E-state index contributed by atoms with van der Waals surface area (Å²) in [6, 6.07) is 15.0. The highest BCUT2D eigenvalue weighted by molar-refractivity contribution is 6.32. The Hall–Kier alpha value is -4.18. The van der Waals surface area contributed by atoms with Crippen LogP contribution in [0.5, 0.6) is 0 Å². The normalized spacial score (nSPS) is 11.3. The van der Waals surface area contributed by atoms with E-state index in [9.17, 15) is 19.5 Å². The van der Waals surface area contributed by atoms with Crippen molar-refractivity contribution in [2.45, 2.75) is 12.8 Å². The van der Waals surface area contributed by atoms with E-state index in [4.69, 9.17) is 25.8 Å². The fourth-order valence-corrected chi connectivity index (χ4v) is 2.61. The summed E-state index contributed by atoms with van der Waals surface area (Å²) in [4.78, 5) is 36.3. The Bertz CT molecular complexity index is 1090. The standard InChI is InChI=1S/C24H24ClN3O7/c1-2-33-14-15-34-21(30)12-13-22(31)35-16-20(29)23(24(32)26-17-8-4-3-5-9-17)28-27-19-11-7-6-10-18(19)25/h2-11,29H,1,12-16H2,(H,26,32). The molecule has 0 fully saturated rings. The molecule has 0 spiro atoms. The molecule has 2 aromatic rings. The number of aliphatic hydroxyl groups is 1. The third-order valence-electron chi connectivity index (χ3n) is 4.12. The van der Waals surface area contributed by atoms with Crippen LogP contribution in [0.3, 0.4) is 0 Å². The number of azo groups is 1. The Morgan fingerprint density at radius 1 is 0.971 bits per heavy atom. The molecule has 10 nitrogen and oxygen atoms in total. The Balaban J connectivity index is 2.04. The molecular weight excluding hydrogens is 478 g/mol. The molecule has 184 valence electrons. The number of amides is 1. The molecule has 0 aliphatic carbocycles. The number of para-hydroxylation sites is 1. The molecule has 0 saturated heterocycles. The second-order valence-electron chi connectivity index (χ2n) is 6.69. The first-order valence-electron chi connectivity index (χ1n) is 10.4. The van der Waals surface area contributed by atoms with Crippen LogP contribution in [0.25, 0.3) is 0 Å². The summed E-state index contributed by atoms with van der Waals surface area (Å²) in [7, 11) is 0. The van der Waals surface area contributed by atoms with E-state index in [2.05, 4.69) is 22.1 Å². The van der Waals surface area contributed by atoms with E-state index in [0.29, 0.717) is 5.69 Å². The Labute approximate surface area is 206 Å². The van der Waals surface area contributed by atoms with Crippen molar-refractivity contribution in [2.24, 2.45) is 10.2 Å². The quantitative estimate of drug-likeness (QED) is 0.131. The van der Waals surface area contributed by atoms with Crippen molar-refractivity contribution in [3.63, 3.8) is 0 Å². The molecule has 0 unspecified atom stereocenters. The molecule has 1 amide bonds. The number of rotatable bonds is 13. The first-order chi connectivity index (χ1) is 16.9. The maximum atomic E-state index is 12.7. The van der Waals surface area contributed by atoms with Gasteiger partial charge in [0.1, 0.15) is 18.9 Å². The SMILES string of the molecule is C=COCCOC(=O)CCC(=O)OCC(O)=C(N=Nc1ccccc1Cl)C(=O)Nc1ccccc1. The van der Waals surface area contributed by atoms with Gasteiger partial charge in [-0.15, -0.1) is 10.2 Å². The van der Waals surface area contributed by atoms with Gasteiger partial charge < -0.3 is 24.6 Å². The van der Waals surface area contributed by atoms with Gasteiger partial charge in [-0.3, -0.25) is 14.4 Å². The van der Waals surface area contributed by atoms with E-state index in [1.54, 1.807) is 54.6 Å². The molecule has 0 bridgehead atoms. The van der Waals surface area contributed by atoms with Crippen molar-refractivity contribution in [3.05, 3.63) is 83.9 Å². The van der Waals surface area contributed by atoms with Crippen molar-refractivity contribution in [1.82, 2.24) is 0 Å². The largest absolute Gasteiger partial charge is 0.506 e. The van der Waals surface area contributed by atoms with Gasteiger partial charge in [0.25, 0.3) is 5.91 Å². The number of hydrogen-bond acceptors (Lipinski definition) is 9. The van der Waals surface area contributed by atoms with Gasteiger partial charge in [-0.05, 0) is 24.3 Å². The van der Waals surface area contributed by atoms with E-state index in [0.717, 1.165) is 0 Å².